The number of H-pyrrole nitrogens is 1. The highest BCUT2D eigenvalue weighted by Gasteiger charge is 2.48. The zero-order valence-electron chi connectivity index (χ0n) is 17.2. The van der Waals surface area contributed by atoms with Gasteiger partial charge in [0.1, 0.15) is 5.75 Å². The van der Waals surface area contributed by atoms with Gasteiger partial charge in [0.15, 0.2) is 5.82 Å². The molecule has 0 unspecified atom stereocenters. The maximum atomic E-state index is 12.9. The summed E-state index contributed by atoms with van der Waals surface area (Å²) in [6, 6.07) is 6.59. The van der Waals surface area contributed by atoms with Gasteiger partial charge in [-0.3, -0.25) is 0 Å². The molecule has 2 aliphatic rings. The molecule has 0 spiro atoms. The van der Waals surface area contributed by atoms with Crippen LogP contribution in [0.3, 0.4) is 0 Å². The van der Waals surface area contributed by atoms with E-state index in [9.17, 15) is 8.42 Å². The van der Waals surface area contributed by atoms with Crippen LogP contribution in [0.25, 0.3) is 0 Å². The standard InChI is InChI=1S/C21H29N5O3S/c1-29-17-10-12-18(13-11-17)30(27,28)24-21-16-9-8-15(14-16)19(21)6-4-2-3-5-7-20-22-25-26-23-20/h2,4,10-13,15-16,19,21,24H,3,5-9,14H2,1H3,(H,22,23,25,26)/b4-2-/t15-,16+,19+,21+/m1/s1. The Morgan fingerprint density at radius 3 is 2.73 bits per heavy atom. The number of fused-ring (bicyclic) bond motifs is 2. The predicted octanol–water partition coefficient (Wildman–Crippen LogP) is 2.87. The molecule has 0 saturated heterocycles. The van der Waals surface area contributed by atoms with Gasteiger partial charge in [0.05, 0.1) is 12.0 Å². The summed E-state index contributed by atoms with van der Waals surface area (Å²) in [5.41, 5.74) is 0. The maximum Gasteiger partial charge on any atom is 0.240 e. The smallest absolute Gasteiger partial charge is 0.240 e. The first-order valence-electron chi connectivity index (χ1n) is 10.6. The molecule has 0 amide bonds. The van der Waals surface area contributed by atoms with Crippen LogP contribution in [-0.2, 0) is 16.4 Å². The quantitative estimate of drug-likeness (QED) is 0.442. The van der Waals surface area contributed by atoms with Crippen molar-refractivity contribution in [2.45, 2.75) is 55.9 Å². The lowest BCUT2D eigenvalue weighted by molar-refractivity contribution is 0.274. The number of unbranched alkanes of at least 4 members (excludes halogenated alkanes) is 1. The van der Waals surface area contributed by atoms with Crippen LogP contribution in [0, 0.1) is 17.8 Å². The molecule has 1 aromatic carbocycles. The molecular weight excluding hydrogens is 402 g/mol. The molecule has 2 fully saturated rings. The number of tetrazole rings is 1. The SMILES string of the molecule is COc1ccc(S(=O)(=O)N[C@H]2[C@H]3CC[C@H](C3)[C@@H]2C/C=C\CCCc2nn[nH]n2)cc1. The topological polar surface area (TPSA) is 110 Å². The maximum absolute atomic E-state index is 12.9. The Hall–Kier alpha value is -2.26. The van der Waals surface area contributed by atoms with Crippen molar-refractivity contribution in [2.24, 2.45) is 17.8 Å². The molecule has 162 valence electrons. The minimum Gasteiger partial charge on any atom is -0.497 e. The normalized spacial score (nSPS) is 25.9. The zero-order chi connectivity index (χ0) is 21.0. The fraction of sp³-hybridized carbons (Fsp3) is 0.571. The van der Waals surface area contributed by atoms with Crippen molar-refractivity contribution in [1.29, 1.82) is 0 Å². The number of rotatable bonds is 10. The van der Waals surface area contributed by atoms with Crippen molar-refractivity contribution >= 4 is 10.0 Å². The van der Waals surface area contributed by atoms with Crippen molar-refractivity contribution in [3.63, 3.8) is 0 Å². The van der Waals surface area contributed by atoms with Crippen molar-refractivity contribution in [2.75, 3.05) is 7.11 Å². The minimum absolute atomic E-state index is 0.0137. The Balaban J connectivity index is 1.34. The van der Waals surface area contributed by atoms with Gasteiger partial charge < -0.3 is 4.74 Å². The van der Waals surface area contributed by atoms with E-state index >= 15 is 0 Å². The number of hydrogen-bond acceptors (Lipinski definition) is 6. The molecule has 1 heterocycles. The van der Waals surface area contributed by atoms with E-state index in [-0.39, 0.29) is 6.04 Å². The predicted molar refractivity (Wildman–Crippen MR) is 112 cm³/mol. The number of benzene rings is 1. The van der Waals surface area contributed by atoms with Gasteiger partial charge in [0.25, 0.3) is 0 Å². The molecule has 2 aromatic rings. The van der Waals surface area contributed by atoms with E-state index in [0.29, 0.717) is 28.4 Å². The Morgan fingerprint density at radius 1 is 1.20 bits per heavy atom. The number of aryl methyl sites for hydroxylation is 1. The lowest BCUT2D eigenvalue weighted by Crippen LogP contribution is -2.43. The second-order valence-electron chi connectivity index (χ2n) is 8.25. The number of allylic oxidation sites excluding steroid dienone is 2. The average molecular weight is 432 g/mol. The van der Waals surface area contributed by atoms with Crippen LogP contribution >= 0.6 is 0 Å². The first kappa shape index (κ1) is 21.0. The van der Waals surface area contributed by atoms with E-state index in [2.05, 4.69) is 37.5 Å². The first-order chi connectivity index (χ1) is 14.6. The lowest BCUT2D eigenvalue weighted by atomic mass is 9.83. The van der Waals surface area contributed by atoms with E-state index in [1.807, 2.05) is 0 Å². The third kappa shape index (κ3) is 4.73. The summed E-state index contributed by atoms with van der Waals surface area (Å²) < 4.78 is 34.1. The van der Waals surface area contributed by atoms with Crippen LogP contribution in [0.2, 0.25) is 0 Å². The summed E-state index contributed by atoms with van der Waals surface area (Å²) >= 11 is 0. The number of ether oxygens (including phenoxy) is 1. The van der Waals surface area contributed by atoms with Crippen LogP contribution in [0.5, 0.6) is 5.75 Å². The fourth-order valence-corrected chi connectivity index (χ4v) is 6.33. The molecule has 2 N–H and O–H groups in total. The van der Waals surface area contributed by atoms with Crippen LogP contribution in [0.4, 0.5) is 0 Å². The summed E-state index contributed by atoms with van der Waals surface area (Å²) in [6.45, 7) is 0. The number of aromatic nitrogens is 4. The molecule has 2 bridgehead atoms. The second kappa shape index (κ2) is 9.26. The Bertz CT molecular complexity index is 944. The molecule has 0 aliphatic heterocycles. The number of methoxy groups -OCH3 is 1. The van der Waals surface area contributed by atoms with Gasteiger partial charge in [-0.05, 0) is 80.5 Å². The number of hydrogen-bond donors (Lipinski definition) is 2. The Morgan fingerprint density at radius 2 is 2.00 bits per heavy atom. The van der Waals surface area contributed by atoms with Crippen LogP contribution in [0.1, 0.15) is 44.3 Å². The van der Waals surface area contributed by atoms with E-state index in [4.69, 9.17) is 4.74 Å². The second-order valence-corrected chi connectivity index (χ2v) is 9.96. The number of nitrogens with one attached hydrogen (secondary N) is 2. The highest BCUT2D eigenvalue weighted by atomic mass is 32.2. The summed E-state index contributed by atoms with van der Waals surface area (Å²) in [5, 5.41) is 13.9. The first-order valence-corrected chi connectivity index (χ1v) is 12.1. The number of nitrogens with zero attached hydrogens (tertiary/aromatic N) is 3. The van der Waals surface area contributed by atoms with E-state index in [1.54, 1.807) is 31.4 Å². The molecule has 2 aliphatic carbocycles. The minimum atomic E-state index is -3.54. The fourth-order valence-electron chi connectivity index (χ4n) is 4.97. The molecule has 9 heteroatoms. The van der Waals surface area contributed by atoms with Crippen molar-refractivity contribution in [1.82, 2.24) is 25.3 Å². The Labute approximate surface area is 177 Å². The molecule has 0 radical (unpaired) electrons. The zero-order valence-corrected chi connectivity index (χ0v) is 18.0. The van der Waals surface area contributed by atoms with Gasteiger partial charge in [-0.2, -0.15) is 5.21 Å². The average Bonchev–Trinajstić information content (AvgIpc) is 3.49. The Kier molecular flexibility index (Phi) is 6.48. The lowest BCUT2D eigenvalue weighted by Gasteiger charge is -2.31. The number of sulfonamides is 1. The van der Waals surface area contributed by atoms with Gasteiger partial charge >= 0.3 is 0 Å². The molecule has 1 aromatic heterocycles. The number of aromatic amines is 1. The van der Waals surface area contributed by atoms with Gasteiger partial charge in [-0.25, -0.2) is 13.1 Å². The third-order valence-corrected chi connectivity index (χ3v) is 7.96. The van der Waals surface area contributed by atoms with Crippen LogP contribution in [0.15, 0.2) is 41.3 Å². The molecule has 4 atom stereocenters. The molecule has 4 rings (SSSR count). The van der Waals surface area contributed by atoms with Crippen LogP contribution in [-0.4, -0.2) is 42.2 Å². The third-order valence-electron chi connectivity index (χ3n) is 6.48. The van der Waals surface area contributed by atoms with Crippen LogP contribution < -0.4 is 9.46 Å². The molecular formula is C21H29N5O3S. The summed E-state index contributed by atoms with van der Waals surface area (Å²) in [5.74, 6) is 2.81. The van der Waals surface area contributed by atoms with E-state index < -0.39 is 10.0 Å². The molecule has 30 heavy (non-hydrogen) atoms. The van der Waals surface area contributed by atoms with Gasteiger partial charge in [0.2, 0.25) is 10.0 Å². The van der Waals surface area contributed by atoms with Gasteiger partial charge in [-0.1, -0.05) is 17.4 Å². The van der Waals surface area contributed by atoms with E-state index in [1.165, 1.54) is 6.42 Å². The monoisotopic (exact) mass is 431 g/mol. The van der Waals surface area contributed by atoms with Crippen molar-refractivity contribution in [3.8, 4) is 5.75 Å². The highest BCUT2D eigenvalue weighted by molar-refractivity contribution is 7.89. The van der Waals surface area contributed by atoms with Crippen molar-refractivity contribution in [3.05, 3.63) is 42.2 Å². The summed E-state index contributed by atoms with van der Waals surface area (Å²) in [6.07, 6.45) is 11.5. The van der Waals surface area contributed by atoms with Gasteiger partial charge in [0, 0.05) is 12.5 Å². The highest BCUT2D eigenvalue weighted by Crippen LogP contribution is 2.50. The van der Waals surface area contributed by atoms with Crippen molar-refractivity contribution < 1.29 is 13.2 Å². The van der Waals surface area contributed by atoms with E-state index in [0.717, 1.165) is 44.3 Å². The summed E-state index contributed by atoms with van der Waals surface area (Å²) in [7, 11) is -1.97. The largest absolute Gasteiger partial charge is 0.497 e. The molecule has 2 saturated carbocycles. The summed E-state index contributed by atoms with van der Waals surface area (Å²) in [4.78, 5) is 0.293. The van der Waals surface area contributed by atoms with Gasteiger partial charge in [-0.15, -0.1) is 10.2 Å². The molecule has 8 nitrogen and oxygen atoms in total.